The summed E-state index contributed by atoms with van der Waals surface area (Å²) in [6.07, 6.45) is 1.20. The summed E-state index contributed by atoms with van der Waals surface area (Å²) in [6.45, 7) is 12.1. The van der Waals surface area contributed by atoms with E-state index in [1.807, 2.05) is 26.0 Å². The van der Waals surface area contributed by atoms with Crippen LogP contribution in [0.1, 0.15) is 24.5 Å². The van der Waals surface area contributed by atoms with Crippen molar-refractivity contribution in [2.24, 2.45) is 5.41 Å². The van der Waals surface area contributed by atoms with Crippen molar-refractivity contribution >= 4 is 22.4 Å². The zero-order chi connectivity index (χ0) is 17.4. The molecule has 3 rings (SSSR count). The van der Waals surface area contributed by atoms with Crippen LogP contribution in [0.25, 0.3) is 0 Å². The molecule has 1 unspecified atom stereocenters. The molecule has 142 valence electrons. The van der Waals surface area contributed by atoms with Gasteiger partial charge in [-0.15, -0.1) is 12.4 Å². The van der Waals surface area contributed by atoms with Gasteiger partial charge in [-0.25, -0.2) is 8.42 Å². The van der Waals surface area contributed by atoms with E-state index in [0.717, 1.165) is 43.9 Å². The Kier molecular flexibility index (Phi) is 6.55. The molecular formula is C18H30ClN3O2S. The molecule has 0 radical (unpaired) electrons. The van der Waals surface area contributed by atoms with Gasteiger partial charge in [0.05, 0.1) is 4.90 Å². The van der Waals surface area contributed by atoms with Gasteiger partial charge in [0.15, 0.2) is 0 Å². The fourth-order valence-corrected chi connectivity index (χ4v) is 5.53. The highest BCUT2D eigenvalue weighted by molar-refractivity contribution is 7.89. The average Bonchev–Trinajstić information content (AvgIpc) is 2.96. The lowest BCUT2D eigenvalue weighted by Crippen LogP contribution is -2.51. The van der Waals surface area contributed by atoms with Gasteiger partial charge in [0.1, 0.15) is 0 Å². The van der Waals surface area contributed by atoms with E-state index in [1.54, 1.807) is 10.4 Å². The minimum Gasteiger partial charge on any atom is -0.316 e. The van der Waals surface area contributed by atoms with Crippen molar-refractivity contribution in [1.82, 2.24) is 14.5 Å². The molecule has 2 saturated heterocycles. The Hall–Kier alpha value is -0.660. The van der Waals surface area contributed by atoms with Crippen molar-refractivity contribution in [1.29, 1.82) is 0 Å². The summed E-state index contributed by atoms with van der Waals surface area (Å²) in [5.74, 6) is 0. The highest BCUT2D eigenvalue weighted by Crippen LogP contribution is 2.27. The number of hydrogen-bond acceptors (Lipinski definition) is 4. The third kappa shape index (κ3) is 4.55. The van der Waals surface area contributed by atoms with Gasteiger partial charge >= 0.3 is 0 Å². The first-order chi connectivity index (χ1) is 11.3. The molecule has 7 heteroatoms. The molecule has 1 N–H and O–H groups in total. The van der Waals surface area contributed by atoms with Crippen molar-refractivity contribution in [2.75, 3.05) is 45.8 Å². The van der Waals surface area contributed by atoms with Crippen LogP contribution >= 0.6 is 12.4 Å². The number of nitrogens with one attached hydrogen (secondary N) is 1. The Bertz CT molecular complexity index is 694. The Morgan fingerprint density at radius 2 is 1.84 bits per heavy atom. The molecule has 0 saturated carbocycles. The van der Waals surface area contributed by atoms with Crippen molar-refractivity contribution in [3.05, 3.63) is 29.3 Å². The third-order valence-corrected chi connectivity index (χ3v) is 7.40. The monoisotopic (exact) mass is 387 g/mol. The zero-order valence-corrected chi connectivity index (χ0v) is 17.0. The minimum atomic E-state index is -3.39. The van der Waals surface area contributed by atoms with Gasteiger partial charge in [-0.2, -0.15) is 4.31 Å². The summed E-state index contributed by atoms with van der Waals surface area (Å²) in [7, 11) is -3.39. The van der Waals surface area contributed by atoms with Crippen LogP contribution in [0.5, 0.6) is 0 Å². The van der Waals surface area contributed by atoms with Crippen molar-refractivity contribution in [2.45, 2.75) is 32.1 Å². The normalized spacial score (nSPS) is 25.7. The Morgan fingerprint density at radius 3 is 2.44 bits per heavy atom. The molecule has 1 aromatic rings. The first-order valence-corrected chi connectivity index (χ1v) is 10.2. The number of piperazine rings is 1. The van der Waals surface area contributed by atoms with E-state index in [0.29, 0.717) is 23.4 Å². The lowest BCUT2D eigenvalue weighted by molar-refractivity contribution is 0.132. The topological polar surface area (TPSA) is 52.7 Å². The first kappa shape index (κ1) is 20.6. The maximum atomic E-state index is 13.0. The molecule has 5 nitrogen and oxygen atoms in total. The van der Waals surface area contributed by atoms with E-state index >= 15 is 0 Å². The smallest absolute Gasteiger partial charge is 0.243 e. The second-order valence-corrected chi connectivity index (χ2v) is 9.59. The van der Waals surface area contributed by atoms with Crippen LogP contribution in [0.15, 0.2) is 23.1 Å². The summed E-state index contributed by atoms with van der Waals surface area (Å²) in [6, 6.07) is 5.65. The number of hydrogen-bond donors (Lipinski definition) is 1. The molecular weight excluding hydrogens is 358 g/mol. The SMILES string of the molecule is Cc1ccc(C)c(S(=O)(=O)N2CCN(CC3(C)CCNC3)CC2)c1.Cl. The molecule has 1 aromatic carbocycles. The maximum absolute atomic E-state index is 13.0. The fourth-order valence-electron chi connectivity index (χ4n) is 3.80. The number of sulfonamides is 1. The van der Waals surface area contributed by atoms with Crippen molar-refractivity contribution < 1.29 is 8.42 Å². The van der Waals surface area contributed by atoms with E-state index in [9.17, 15) is 8.42 Å². The number of nitrogens with zero attached hydrogens (tertiary/aromatic N) is 2. The number of aryl methyl sites for hydroxylation is 2. The molecule has 0 spiro atoms. The second-order valence-electron chi connectivity index (χ2n) is 7.69. The molecule has 0 amide bonds. The molecule has 2 heterocycles. The van der Waals surface area contributed by atoms with Gasteiger partial charge in [-0.05, 0) is 49.4 Å². The Labute approximate surface area is 158 Å². The summed E-state index contributed by atoms with van der Waals surface area (Å²) in [5.41, 5.74) is 2.14. The lowest BCUT2D eigenvalue weighted by atomic mass is 9.89. The van der Waals surface area contributed by atoms with Crippen LogP contribution in [0, 0.1) is 19.3 Å². The molecule has 2 aliphatic rings. The summed E-state index contributed by atoms with van der Waals surface area (Å²) >= 11 is 0. The Morgan fingerprint density at radius 1 is 1.16 bits per heavy atom. The van der Waals surface area contributed by atoms with Crippen LogP contribution in [-0.2, 0) is 10.0 Å². The summed E-state index contributed by atoms with van der Waals surface area (Å²) in [4.78, 5) is 2.88. The molecule has 0 aromatic heterocycles. The van der Waals surface area contributed by atoms with Gasteiger partial charge in [-0.3, -0.25) is 0 Å². The largest absolute Gasteiger partial charge is 0.316 e. The van der Waals surface area contributed by atoms with Gasteiger partial charge in [-0.1, -0.05) is 19.1 Å². The van der Waals surface area contributed by atoms with E-state index in [4.69, 9.17) is 0 Å². The van der Waals surface area contributed by atoms with Crippen LogP contribution in [0.2, 0.25) is 0 Å². The average molecular weight is 388 g/mol. The Balaban J connectivity index is 0.00000225. The highest BCUT2D eigenvalue weighted by atomic mass is 35.5. The zero-order valence-electron chi connectivity index (χ0n) is 15.4. The van der Waals surface area contributed by atoms with Gasteiger partial charge in [0.2, 0.25) is 10.0 Å². The molecule has 2 aliphatic heterocycles. The number of halogens is 1. The molecule has 25 heavy (non-hydrogen) atoms. The van der Waals surface area contributed by atoms with E-state index in [1.165, 1.54) is 6.42 Å². The van der Waals surface area contributed by atoms with E-state index in [2.05, 4.69) is 17.1 Å². The lowest BCUT2D eigenvalue weighted by Gasteiger charge is -2.38. The third-order valence-electron chi connectivity index (χ3n) is 5.36. The molecule has 0 bridgehead atoms. The van der Waals surface area contributed by atoms with Gasteiger partial charge in [0.25, 0.3) is 0 Å². The quantitative estimate of drug-likeness (QED) is 0.858. The fraction of sp³-hybridized carbons (Fsp3) is 0.667. The predicted octanol–water partition coefficient (Wildman–Crippen LogP) is 2.03. The minimum absolute atomic E-state index is 0. The highest BCUT2D eigenvalue weighted by Gasteiger charge is 2.34. The summed E-state index contributed by atoms with van der Waals surface area (Å²) < 4.78 is 27.6. The standard InChI is InChI=1S/C18H29N3O2S.ClH/c1-15-4-5-16(2)17(12-15)24(22,23)21-10-8-20(9-11-21)14-18(3)6-7-19-13-18;/h4-5,12,19H,6-11,13-14H2,1-3H3;1H. The van der Waals surface area contributed by atoms with Crippen molar-refractivity contribution in [3.8, 4) is 0 Å². The van der Waals surface area contributed by atoms with Crippen molar-refractivity contribution in [3.63, 3.8) is 0 Å². The van der Waals surface area contributed by atoms with Gasteiger partial charge in [0, 0.05) is 39.3 Å². The first-order valence-electron chi connectivity index (χ1n) is 8.81. The van der Waals surface area contributed by atoms with Crippen LogP contribution < -0.4 is 5.32 Å². The molecule has 2 fully saturated rings. The maximum Gasteiger partial charge on any atom is 0.243 e. The molecule has 1 atom stereocenters. The number of rotatable bonds is 4. The van der Waals surface area contributed by atoms with E-state index in [-0.39, 0.29) is 12.4 Å². The van der Waals surface area contributed by atoms with E-state index < -0.39 is 10.0 Å². The summed E-state index contributed by atoms with van der Waals surface area (Å²) in [5, 5.41) is 3.44. The van der Waals surface area contributed by atoms with Gasteiger partial charge < -0.3 is 10.2 Å². The second kappa shape index (κ2) is 7.92. The number of benzene rings is 1. The predicted molar refractivity (Wildman–Crippen MR) is 104 cm³/mol. The van der Waals surface area contributed by atoms with Crippen LogP contribution in [0.4, 0.5) is 0 Å². The van der Waals surface area contributed by atoms with Crippen LogP contribution in [-0.4, -0.2) is 63.4 Å². The van der Waals surface area contributed by atoms with Crippen LogP contribution in [0.3, 0.4) is 0 Å². The molecule has 0 aliphatic carbocycles.